The van der Waals surface area contributed by atoms with E-state index in [1.807, 2.05) is 0 Å². The van der Waals surface area contributed by atoms with Gasteiger partial charge in [0.1, 0.15) is 10.4 Å². The maximum atomic E-state index is 15.8. The number of nitrogens with zero attached hydrogens (tertiary/aromatic N) is 3. The minimum Gasteiger partial charge on any atom is -0.258 e. The van der Waals surface area contributed by atoms with Crippen LogP contribution in [0.15, 0.2) is 39.8 Å². The molecule has 1 fully saturated rings. The van der Waals surface area contributed by atoms with Gasteiger partial charge in [-0.1, -0.05) is 38.9 Å². The first-order chi connectivity index (χ1) is 14.5. The topological polar surface area (TPSA) is 93.2 Å². The van der Waals surface area contributed by atoms with E-state index in [-0.39, 0.29) is 22.8 Å². The van der Waals surface area contributed by atoms with Crippen molar-refractivity contribution >= 4 is 44.9 Å². The Morgan fingerprint density at radius 2 is 1.77 bits per heavy atom. The molecule has 168 valence electrons. The Kier molecular flexibility index (Phi) is 6.45. The zero-order valence-corrected chi connectivity index (χ0v) is 21.3. The zero-order valence-electron chi connectivity index (χ0n) is 17.9. The van der Waals surface area contributed by atoms with Crippen molar-refractivity contribution in [3.05, 3.63) is 56.6 Å². The lowest BCUT2D eigenvalue weighted by Crippen LogP contribution is -2.48. The third-order valence-electron chi connectivity index (χ3n) is 6.57. The van der Waals surface area contributed by atoms with Gasteiger partial charge in [0.15, 0.2) is 0 Å². The van der Waals surface area contributed by atoms with Crippen LogP contribution >= 0.6 is 15.9 Å². The van der Waals surface area contributed by atoms with Crippen LogP contribution < -0.4 is 5.19 Å². The molecule has 31 heavy (non-hydrogen) atoms. The van der Waals surface area contributed by atoms with E-state index in [1.54, 1.807) is 13.0 Å². The summed E-state index contributed by atoms with van der Waals surface area (Å²) in [5, 5.41) is 11.5. The average molecular weight is 530 g/mol. The van der Waals surface area contributed by atoms with Crippen molar-refractivity contribution < 1.29 is 17.7 Å². The lowest BCUT2D eigenvalue weighted by atomic mass is 10.1. The molecule has 2 heterocycles. The number of nitro groups is 1. The lowest BCUT2D eigenvalue weighted by molar-refractivity contribution is -0.384. The van der Waals surface area contributed by atoms with Gasteiger partial charge in [0, 0.05) is 18.7 Å². The number of hydrogen-bond acceptors (Lipinski definition) is 5. The lowest BCUT2D eigenvalue weighted by Gasteiger charge is -2.30. The number of non-ortho nitro benzene ring substituents is 1. The van der Waals surface area contributed by atoms with Crippen LogP contribution in [-0.4, -0.2) is 37.2 Å². The average Bonchev–Trinajstić information content (AvgIpc) is 3.45. The molecule has 2 atom stereocenters. The Labute approximate surface area is 191 Å². The van der Waals surface area contributed by atoms with E-state index in [4.69, 9.17) is 0 Å². The first kappa shape index (κ1) is 24.0. The fourth-order valence-electron chi connectivity index (χ4n) is 4.22. The normalized spacial score (nSPS) is 21.2. The van der Waals surface area contributed by atoms with Crippen molar-refractivity contribution in [3.8, 4) is 0 Å². The minimum atomic E-state index is -3.96. The molecule has 0 radical (unpaired) electrons. The van der Waals surface area contributed by atoms with E-state index >= 15 is 4.39 Å². The largest absolute Gasteiger partial charge is 0.269 e. The standard InChI is InChI=1S/C20H25BrFN3O4SSi/c1-5-31(6-2,7-3)16-12-17(21)23-19(18(16)22)20(4)13-24(20)30(28,29)15-10-8-14(9-11-15)25(26)27/h8-12H,5-7,13H2,1-4H3/t20-,24?/m0/s1. The number of sulfonamides is 1. The molecule has 3 rings (SSSR count). The molecule has 0 N–H and O–H groups in total. The van der Waals surface area contributed by atoms with Crippen molar-refractivity contribution in [2.45, 2.75) is 56.3 Å². The number of hydrogen-bond donors (Lipinski definition) is 0. The highest BCUT2D eigenvalue weighted by Crippen LogP contribution is 2.47. The van der Waals surface area contributed by atoms with Gasteiger partial charge >= 0.3 is 0 Å². The Morgan fingerprint density at radius 1 is 1.23 bits per heavy atom. The molecular formula is C20H25BrFN3O4SSi. The first-order valence-electron chi connectivity index (χ1n) is 10.1. The highest BCUT2D eigenvalue weighted by molar-refractivity contribution is 9.10. The maximum Gasteiger partial charge on any atom is 0.269 e. The highest BCUT2D eigenvalue weighted by atomic mass is 79.9. The van der Waals surface area contributed by atoms with Gasteiger partial charge in [-0.2, -0.15) is 4.31 Å². The summed E-state index contributed by atoms with van der Waals surface area (Å²) in [6, 6.07) is 9.09. The zero-order chi connectivity index (χ0) is 23.2. The van der Waals surface area contributed by atoms with Gasteiger partial charge in [-0.15, -0.1) is 0 Å². The molecule has 1 saturated heterocycles. The molecule has 0 saturated carbocycles. The fraction of sp³-hybridized carbons (Fsp3) is 0.450. The Morgan fingerprint density at radius 3 is 2.26 bits per heavy atom. The van der Waals surface area contributed by atoms with Gasteiger partial charge in [-0.05, 0) is 46.2 Å². The van der Waals surface area contributed by atoms with E-state index < -0.39 is 34.4 Å². The SMILES string of the molecule is CC[Si](CC)(CC)c1cc(Br)nc([C@]2(C)CN2S(=O)(=O)c2ccc([N+](=O)[O-])cc2)c1F. The van der Waals surface area contributed by atoms with Crippen LogP contribution in [0.4, 0.5) is 10.1 Å². The Balaban J connectivity index is 2.04. The molecule has 1 aromatic carbocycles. The first-order valence-corrected chi connectivity index (χ1v) is 15.0. The van der Waals surface area contributed by atoms with Crippen LogP contribution in [0, 0.1) is 15.9 Å². The Bertz CT molecular complexity index is 1120. The van der Waals surface area contributed by atoms with Crippen molar-refractivity contribution in [2.75, 3.05) is 6.54 Å². The molecule has 2 aromatic rings. The number of aromatic nitrogens is 1. The van der Waals surface area contributed by atoms with Gasteiger partial charge in [0.05, 0.1) is 29.1 Å². The van der Waals surface area contributed by atoms with E-state index in [2.05, 4.69) is 41.7 Å². The van der Waals surface area contributed by atoms with Crippen LogP contribution in [0.5, 0.6) is 0 Å². The number of nitro benzene ring substituents is 1. The smallest absolute Gasteiger partial charge is 0.258 e. The molecule has 11 heteroatoms. The molecule has 1 aliphatic heterocycles. The number of benzene rings is 1. The second kappa shape index (κ2) is 8.34. The quantitative estimate of drug-likeness (QED) is 0.164. The van der Waals surface area contributed by atoms with Crippen molar-refractivity contribution in [1.82, 2.24) is 9.29 Å². The Hall–Kier alpha value is -1.69. The summed E-state index contributed by atoms with van der Waals surface area (Å²) >= 11 is 3.40. The van der Waals surface area contributed by atoms with E-state index in [1.165, 1.54) is 16.4 Å². The van der Waals surface area contributed by atoms with Crippen LogP contribution in [-0.2, 0) is 15.6 Å². The van der Waals surface area contributed by atoms with E-state index in [9.17, 15) is 18.5 Å². The summed E-state index contributed by atoms with van der Waals surface area (Å²) in [4.78, 5) is 14.5. The summed E-state index contributed by atoms with van der Waals surface area (Å²) in [5.41, 5.74) is -1.19. The minimum absolute atomic E-state index is 0.0724. The number of rotatable bonds is 8. The van der Waals surface area contributed by atoms with Crippen molar-refractivity contribution in [1.29, 1.82) is 0 Å². The molecule has 1 unspecified atom stereocenters. The van der Waals surface area contributed by atoms with Gasteiger partial charge in [0.25, 0.3) is 5.69 Å². The monoisotopic (exact) mass is 529 g/mol. The van der Waals surface area contributed by atoms with Crippen molar-refractivity contribution in [2.24, 2.45) is 0 Å². The van der Waals surface area contributed by atoms with Crippen molar-refractivity contribution in [3.63, 3.8) is 0 Å². The van der Waals surface area contributed by atoms with Crippen LogP contribution in [0.1, 0.15) is 33.4 Å². The summed E-state index contributed by atoms with van der Waals surface area (Å²) in [6.45, 7) is 7.99. The second-order valence-corrected chi connectivity index (χ2v) is 15.9. The van der Waals surface area contributed by atoms with E-state index in [0.717, 1.165) is 30.3 Å². The van der Waals surface area contributed by atoms with Gasteiger partial charge in [-0.3, -0.25) is 10.1 Å². The van der Waals surface area contributed by atoms with Crippen LogP contribution in [0.3, 0.4) is 0 Å². The molecule has 0 bridgehead atoms. The second-order valence-electron chi connectivity index (χ2n) is 8.03. The molecule has 0 aliphatic carbocycles. The van der Waals surface area contributed by atoms with E-state index in [0.29, 0.717) is 9.79 Å². The van der Waals surface area contributed by atoms with Gasteiger partial charge in [0.2, 0.25) is 10.0 Å². The van der Waals surface area contributed by atoms with Crippen LogP contribution in [0.25, 0.3) is 0 Å². The number of halogens is 2. The molecular weight excluding hydrogens is 505 g/mol. The fourth-order valence-corrected chi connectivity index (χ4v) is 10.3. The molecule has 0 spiro atoms. The summed E-state index contributed by atoms with van der Waals surface area (Å²) in [6.07, 6.45) is 0. The predicted octanol–water partition coefficient (Wildman–Crippen LogP) is 4.53. The van der Waals surface area contributed by atoms with Gasteiger partial charge < -0.3 is 0 Å². The summed E-state index contributed by atoms with van der Waals surface area (Å²) in [7, 11) is -6.04. The molecule has 1 aromatic heterocycles. The summed E-state index contributed by atoms with van der Waals surface area (Å²) < 4.78 is 43.7. The summed E-state index contributed by atoms with van der Waals surface area (Å²) in [5.74, 6) is -0.413. The number of pyridine rings is 1. The third-order valence-corrected chi connectivity index (χ3v) is 14.5. The van der Waals surface area contributed by atoms with Crippen LogP contribution in [0.2, 0.25) is 18.1 Å². The predicted molar refractivity (Wildman–Crippen MR) is 123 cm³/mol. The third kappa shape index (κ3) is 3.96. The van der Waals surface area contributed by atoms with Gasteiger partial charge in [-0.25, -0.2) is 17.8 Å². The molecule has 1 aliphatic rings. The maximum absolute atomic E-state index is 15.8. The molecule has 7 nitrogen and oxygen atoms in total. The highest BCUT2D eigenvalue weighted by Gasteiger charge is 2.59. The molecule has 0 amide bonds.